The van der Waals surface area contributed by atoms with Crippen molar-refractivity contribution in [1.29, 1.82) is 0 Å². The van der Waals surface area contributed by atoms with Gasteiger partial charge in [0.1, 0.15) is 23.3 Å². The maximum atomic E-state index is 13.7. The van der Waals surface area contributed by atoms with Gasteiger partial charge in [0.25, 0.3) is 5.91 Å². The predicted molar refractivity (Wildman–Crippen MR) is 151 cm³/mol. The van der Waals surface area contributed by atoms with Gasteiger partial charge < -0.3 is 25.0 Å². The first-order valence-electron chi connectivity index (χ1n) is 13.9. The van der Waals surface area contributed by atoms with Gasteiger partial charge in [-0.1, -0.05) is 19.3 Å². The van der Waals surface area contributed by atoms with E-state index in [0.717, 1.165) is 12.4 Å². The van der Waals surface area contributed by atoms with Crippen LogP contribution in [0.1, 0.15) is 96.8 Å². The Bertz CT molecular complexity index is 1190. The minimum atomic E-state index is -0.974. The number of methoxy groups -OCH3 is 1. The average Bonchev–Trinajstić information content (AvgIpc) is 2.90. The summed E-state index contributed by atoms with van der Waals surface area (Å²) in [7, 11) is 1.63. The summed E-state index contributed by atoms with van der Waals surface area (Å²) in [6.45, 7) is 11.9. The third kappa shape index (κ3) is 6.32. The lowest BCUT2D eigenvalue weighted by Gasteiger charge is -2.47. The molecule has 212 valence electrons. The number of aryl methyl sites for hydroxylation is 2. The van der Waals surface area contributed by atoms with Crippen molar-refractivity contribution in [2.45, 2.75) is 78.4 Å². The third-order valence-corrected chi connectivity index (χ3v) is 8.11. The Morgan fingerprint density at radius 3 is 2.51 bits per heavy atom. The molecule has 3 heterocycles. The van der Waals surface area contributed by atoms with Crippen LogP contribution in [-0.4, -0.2) is 75.7 Å². The molecule has 2 aromatic heterocycles. The van der Waals surface area contributed by atoms with Crippen LogP contribution >= 0.6 is 0 Å². The number of aromatic carboxylic acids is 1. The molecular weight excluding hydrogens is 496 g/mol. The molecule has 2 aliphatic rings. The number of hydrogen-bond acceptors (Lipinski definition) is 8. The van der Waals surface area contributed by atoms with Crippen molar-refractivity contribution in [3.63, 3.8) is 0 Å². The minimum absolute atomic E-state index is 0.169. The minimum Gasteiger partial charge on any atom is -0.478 e. The number of carboxylic acids is 1. The highest BCUT2D eigenvalue weighted by Gasteiger charge is 2.38. The number of aromatic nitrogens is 3. The number of nitrogens with one attached hydrogen (secondary N) is 1. The molecule has 2 fully saturated rings. The van der Waals surface area contributed by atoms with Crippen molar-refractivity contribution in [2.24, 2.45) is 5.92 Å². The quantitative estimate of drug-likeness (QED) is 0.496. The summed E-state index contributed by atoms with van der Waals surface area (Å²) in [5, 5.41) is 13.0. The smallest absolute Gasteiger partial charge is 0.337 e. The largest absolute Gasteiger partial charge is 0.478 e. The van der Waals surface area contributed by atoms with Crippen molar-refractivity contribution in [3.8, 4) is 0 Å². The molecule has 4 rings (SSSR count). The van der Waals surface area contributed by atoms with Crippen molar-refractivity contribution in [3.05, 3.63) is 40.5 Å². The average molecular weight is 539 g/mol. The summed E-state index contributed by atoms with van der Waals surface area (Å²) in [4.78, 5) is 43.2. The second-order valence-electron chi connectivity index (χ2n) is 11.5. The number of pyridine rings is 1. The molecule has 1 aliphatic carbocycles. The van der Waals surface area contributed by atoms with E-state index in [1.54, 1.807) is 27.2 Å². The number of amides is 1. The molecule has 1 atom stereocenters. The SMILES string of the molecule is CO[C@H](C)c1nc(C(=O)N2CCN(c3cc(C)c(C(=O)O)c(C)n3)CC2(C)C)cnc1NCC1CCCCC1. The highest BCUT2D eigenvalue weighted by atomic mass is 16.5. The summed E-state index contributed by atoms with van der Waals surface area (Å²) in [6.07, 6.45) is 7.58. The fraction of sp³-hybridized carbons (Fsp3) is 0.621. The lowest BCUT2D eigenvalue weighted by molar-refractivity contribution is 0.0504. The molecule has 1 saturated carbocycles. The van der Waals surface area contributed by atoms with E-state index in [1.165, 1.54) is 32.1 Å². The molecular formula is C29H42N6O4. The number of carboxylic acid groups (broad SMARTS) is 1. The number of piperazine rings is 1. The van der Waals surface area contributed by atoms with E-state index < -0.39 is 11.5 Å². The Hall–Kier alpha value is -3.27. The summed E-state index contributed by atoms with van der Waals surface area (Å²) >= 11 is 0. The predicted octanol–water partition coefficient (Wildman–Crippen LogP) is 4.63. The van der Waals surface area contributed by atoms with Gasteiger partial charge in [0.2, 0.25) is 0 Å². The fourth-order valence-electron chi connectivity index (χ4n) is 5.83. The molecule has 0 radical (unpaired) electrons. The molecule has 1 amide bonds. The molecule has 1 saturated heterocycles. The van der Waals surface area contributed by atoms with Crippen LogP contribution in [-0.2, 0) is 4.74 Å². The fourth-order valence-corrected chi connectivity index (χ4v) is 5.83. The Morgan fingerprint density at radius 2 is 1.90 bits per heavy atom. The summed E-state index contributed by atoms with van der Waals surface area (Å²) in [6, 6.07) is 1.81. The number of rotatable bonds is 8. The van der Waals surface area contributed by atoms with Crippen LogP contribution in [0.4, 0.5) is 11.6 Å². The van der Waals surface area contributed by atoms with Gasteiger partial charge in [-0.25, -0.2) is 19.7 Å². The Balaban J connectivity index is 1.51. The maximum Gasteiger partial charge on any atom is 0.337 e. The van der Waals surface area contributed by atoms with E-state index in [2.05, 4.69) is 20.2 Å². The summed E-state index contributed by atoms with van der Waals surface area (Å²) in [5.74, 6) is 0.888. The number of anilines is 2. The van der Waals surface area contributed by atoms with Crippen LogP contribution in [0.25, 0.3) is 0 Å². The van der Waals surface area contributed by atoms with Crippen molar-refractivity contribution in [1.82, 2.24) is 19.9 Å². The normalized spacial score (nSPS) is 18.6. The van der Waals surface area contributed by atoms with Crippen LogP contribution in [0.2, 0.25) is 0 Å². The molecule has 0 unspecified atom stereocenters. The van der Waals surface area contributed by atoms with Crippen LogP contribution in [0, 0.1) is 19.8 Å². The molecule has 2 aromatic rings. The zero-order valence-corrected chi connectivity index (χ0v) is 24.1. The first kappa shape index (κ1) is 28.7. The van der Waals surface area contributed by atoms with E-state index in [0.29, 0.717) is 54.0 Å². The number of hydrogen-bond donors (Lipinski definition) is 2. The number of ether oxygens (including phenoxy) is 1. The van der Waals surface area contributed by atoms with Gasteiger partial charge in [0.15, 0.2) is 5.82 Å². The molecule has 1 aliphatic heterocycles. The van der Waals surface area contributed by atoms with Crippen molar-refractivity contribution >= 4 is 23.5 Å². The zero-order chi connectivity index (χ0) is 28.3. The third-order valence-electron chi connectivity index (χ3n) is 8.11. The summed E-state index contributed by atoms with van der Waals surface area (Å²) < 4.78 is 5.58. The maximum absolute atomic E-state index is 13.7. The van der Waals surface area contributed by atoms with Gasteiger partial charge in [-0.2, -0.15) is 0 Å². The van der Waals surface area contributed by atoms with Crippen LogP contribution in [0.15, 0.2) is 12.3 Å². The molecule has 10 heteroatoms. The van der Waals surface area contributed by atoms with Crippen molar-refractivity contribution in [2.75, 3.05) is 43.5 Å². The van der Waals surface area contributed by atoms with Gasteiger partial charge >= 0.3 is 5.97 Å². The number of nitrogens with zero attached hydrogens (tertiary/aromatic N) is 5. The molecule has 2 N–H and O–H groups in total. The zero-order valence-electron chi connectivity index (χ0n) is 24.1. The molecule has 0 aromatic carbocycles. The van der Waals surface area contributed by atoms with Gasteiger partial charge in [0, 0.05) is 33.3 Å². The van der Waals surface area contributed by atoms with Gasteiger partial charge in [-0.15, -0.1) is 0 Å². The standard InChI is InChI=1S/C29H42N6O4/c1-18-14-23(32-19(2)24(18)28(37)38)34-12-13-35(29(4,5)17-34)27(36)22-16-31-26(25(33-22)20(3)39-6)30-15-21-10-8-7-9-11-21/h14,16,20-21H,7-13,15,17H2,1-6H3,(H,30,31)(H,37,38)/t20-/m1/s1. The van der Waals surface area contributed by atoms with E-state index in [1.807, 2.05) is 31.7 Å². The van der Waals surface area contributed by atoms with Gasteiger partial charge in [-0.3, -0.25) is 4.79 Å². The van der Waals surface area contributed by atoms with Gasteiger partial charge in [-0.05, 0) is 65.0 Å². The molecule has 10 nitrogen and oxygen atoms in total. The Labute approximate surface area is 231 Å². The highest BCUT2D eigenvalue weighted by Crippen LogP contribution is 2.30. The van der Waals surface area contributed by atoms with E-state index in [-0.39, 0.29) is 17.6 Å². The Morgan fingerprint density at radius 1 is 1.18 bits per heavy atom. The molecule has 0 bridgehead atoms. The van der Waals surface area contributed by atoms with Crippen LogP contribution in [0.3, 0.4) is 0 Å². The second kappa shape index (κ2) is 11.9. The topological polar surface area (TPSA) is 121 Å². The van der Waals surface area contributed by atoms with Crippen molar-refractivity contribution < 1.29 is 19.4 Å². The summed E-state index contributed by atoms with van der Waals surface area (Å²) in [5.41, 5.74) is 1.83. The monoisotopic (exact) mass is 538 g/mol. The van der Waals surface area contributed by atoms with Gasteiger partial charge in [0.05, 0.1) is 23.0 Å². The lowest BCUT2D eigenvalue weighted by atomic mass is 9.89. The first-order chi connectivity index (χ1) is 18.5. The van der Waals surface area contributed by atoms with Crippen LogP contribution in [0.5, 0.6) is 0 Å². The molecule has 0 spiro atoms. The molecule has 39 heavy (non-hydrogen) atoms. The number of carbonyl (C=O) groups is 2. The highest BCUT2D eigenvalue weighted by molar-refractivity contribution is 5.93. The second-order valence-corrected chi connectivity index (χ2v) is 11.5. The van der Waals surface area contributed by atoms with E-state index >= 15 is 0 Å². The first-order valence-corrected chi connectivity index (χ1v) is 13.9. The number of carbonyl (C=O) groups excluding carboxylic acids is 1. The Kier molecular flexibility index (Phi) is 8.73. The lowest BCUT2D eigenvalue weighted by Crippen LogP contribution is -2.61. The van der Waals surface area contributed by atoms with E-state index in [9.17, 15) is 14.7 Å². The van der Waals surface area contributed by atoms with E-state index in [4.69, 9.17) is 9.72 Å². The van der Waals surface area contributed by atoms with Crippen LogP contribution < -0.4 is 10.2 Å².